The first kappa shape index (κ1) is 23.2. The number of nitrogens with one attached hydrogen (secondary N) is 3. The quantitative estimate of drug-likeness (QED) is 0.339. The third-order valence-electron chi connectivity index (χ3n) is 5.11. The van der Waals surface area contributed by atoms with Crippen molar-refractivity contribution in [3.63, 3.8) is 0 Å². The first-order valence-corrected chi connectivity index (χ1v) is 9.98. The Morgan fingerprint density at radius 1 is 0.970 bits per heavy atom. The highest BCUT2D eigenvalue weighted by Crippen LogP contribution is 2.28. The number of benzene rings is 2. The summed E-state index contributed by atoms with van der Waals surface area (Å²) in [7, 11) is 0. The number of ether oxygens (including phenoxy) is 1. The van der Waals surface area contributed by atoms with Crippen LogP contribution < -0.4 is 20.9 Å². The molecule has 3 rings (SSSR count). The lowest BCUT2D eigenvalue weighted by atomic mass is 9.93. The van der Waals surface area contributed by atoms with Crippen LogP contribution in [0.1, 0.15) is 36.0 Å². The van der Waals surface area contributed by atoms with Gasteiger partial charge in [-0.25, -0.2) is 9.59 Å². The molecular formula is C20H21N5O8. The summed E-state index contributed by atoms with van der Waals surface area (Å²) in [6.45, 7) is 0. The van der Waals surface area contributed by atoms with Crippen LogP contribution in [-0.4, -0.2) is 39.1 Å². The Kier molecular flexibility index (Phi) is 7.23. The maximum absolute atomic E-state index is 12.2. The second-order valence-electron chi connectivity index (χ2n) is 7.36. The molecule has 0 heterocycles. The van der Waals surface area contributed by atoms with E-state index in [1.54, 1.807) is 12.1 Å². The van der Waals surface area contributed by atoms with Crippen LogP contribution in [0, 0.1) is 20.2 Å². The van der Waals surface area contributed by atoms with Gasteiger partial charge >= 0.3 is 17.7 Å². The molecule has 1 aliphatic carbocycles. The minimum Gasteiger partial charge on any atom is -0.490 e. The van der Waals surface area contributed by atoms with Crippen molar-refractivity contribution in [1.29, 1.82) is 0 Å². The number of nitro benzene ring substituents is 2. The largest absolute Gasteiger partial charge is 0.490 e. The van der Waals surface area contributed by atoms with Crippen LogP contribution in [0.3, 0.4) is 0 Å². The number of carbonyl (C=O) groups excluding carboxylic acids is 1. The Hall–Kier alpha value is -4.42. The lowest BCUT2D eigenvalue weighted by molar-refractivity contribution is -0.393. The molecule has 13 heteroatoms. The number of rotatable bonds is 8. The molecule has 0 aliphatic heterocycles. The standard InChI is InChI=1S/C20H21N5O8/c26-19(27)12-1-6-15(7-2-12)33-16-8-3-13(4-9-16)21-20(28)23-22-17-10-5-14(24(29)30)11-18(17)25(31)32/h1-2,5-7,10-11,13,16,22H,3-4,8-9H2,(H,26,27)(H2,21,23,28). The number of hydrogen-bond acceptors (Lipinski definition) is 8. The minimum absolute atomic E-state index is 0.0670. The normalized spacial score (nSPS) is 17.5. The molecule has 2 aromatic rings. The molecule has 4 N–H and O–H groups in total. The number of carboxylic acid groups (broad SMARTS) is 1. The van der Waals surface area contributed by atoms with Gasteiger partial charge in [0.1, 0.15) is 11.4 Å². The zero-order valence-electron chi connectivity index (χ0n) is 17.2. The number of non-ortho nitro benzene ring substituents is 1. The lowest BCUT2D eigenvalue weighted by Crippen LogP contribution is -2.46. The van der Waals surface area contributed by atoms with Crippen molar-refractivity contribution in [3.05, 3.63) is 68.3 Å². The second-order valence-corrected chi connectivity index (χ2v) is 7.36. The average Bonchev–Trinajstić information content (AvgIpc) is 2.79. The summed E-state index contributed by atoms with van der Waals surface area (Å²) in [6.07, 6.45) is 2.56. The van der Waals surface area contributed by atoms with Crippen LogP contribution in [0.4, 0.5) is 21.9 Å². The fraction of sp³-hybridized carbons (Fsp3) is 0.300. The van der Waals surface area contributed by atoms with Gasteiger partial charge in [0.05, 0.1) is 27.6 Å². The number of carboxylic acids is 1. The Bertz CT molecular complexity index is 1050. The monoisotopic (exact) mass is 459 g/mol. The van der Waals surface area contributed by atoms with Crippen LogP contribution in [0.25, 0.3) is 0 Å². The van der Waals surface area contributed by atoms with E-state index in [1.807, 2.05) is 0 Å². The number of aromatic carboxylic acids is 1. The van der Waals surface area contributed by atoms with E-state index in [4.69, 9.17) is 9.84 Å². The summed E-state index contributed by atoms with van der Waals surface area (Å²) in [5, 5.41) is 33.6. The Labute approximate surface area is 187 Å². The number of nitro groups is 2. The van der Waals surface area contributed by atoms with E-state index in [0.29, 0.717) is 31.4 Å². The maximum atomic E-state index is 12.2. The number of hydrazine groups is 1. The highest BCUT2D eigenvalue weighted by molar-refractivity contribution is 5.87. The molecule has 1 aliphatic rings. The Morgan fingerprint density at radius 3 is 2.21 bits per heavy atom. The zero-order valence-corrected chi connectivity index (χ0v) is 17.2. The van der Waals surface area contributed by atoms with Crippen molar-refractivity contribution in [2.75, 3.05) is 5.43 Å². The predicted octanol–water partition coefficient (Wildman–Crippen LogP) is 3.22. The van der Waals surface area contributed by atoms with Crippen molar-refractivity contribution >= 4 is 29.1 Å². The summed E-state index contributed by atoms with van der Waals surface area (Å²) in [5.41, 5.74) is 3.82. The van der Waals surface area contributed by atoms with Gasteiger partial charge < -0.3 is 15.2 Å². The van der Waals surface area contributed by atoms with Crippen LogP contribution >= 0.6 is 0 Å². The van der Waals surface area contributed by atoms with Gasteiger partial charge in [0.2, 0.25) is 0 Å². The Balaban J connectivity index is 1.45. The van der Waals surface area contributed by atoms with Crippen molar-refractivity contribution in [3.8, 4) is 5.75 Å². The van der Waals surface area contributed by atoms with E-state index in [9.17, 15) is 29.8 Å². The third kappa shape index (κ3) is 6.29. The van der Waals surface area contributed by atoms with Gasteiger partial charge in [-0.05, 0) is 56.0 Å². The molecule has 0 saturated heterocycles. The molecule has 1 fully saturated rings. The van der Waals surface area contributed by atoms with Gasteiger partial charge in [0, 0.05) is 12.1 Å². The summed E-state index contributed by atoms with van der Waals surface area (Å²) in [4.78, 5) is 43.5. The maximum Gasteiger partial charge on any atom is 0.335 e. The zero-order chi connectivity index (χ0) is 24.0. The first-order valence-electron chi connectivity index (χ1n) is 9.98. The number of anilines is 1. The summed E-state index contributed by atoms with van der Waals surface area (Å²) in [5.74, 6) is -0.438. The number of hydrogen-bond donors (Lipinski definition) is 4. The van der Waals surface area contributed by atoms with Gasteiger partial charge in [-0.15, -0.1) is 0 Å². The van der Waals surface area contributed by atoms with E-state index in [0.717, 1.165) is 18.2 Å². The molecule has 0 bridgehead atoms. The van der Waals surface area contributed by atoms with E-state index in [2.05, 4.69) is 16.2 Å². The highest BCUT2D eigenvalue weighted by Gasteiger charge is 2.24. The molecule has 0 atom stereocenters. The van der Waals surface area contributed by atoms with E-state index in [1.165, 1.54) is 12.1 Å². The summed E-state index contributed by atoms with van der Waals surface area (Å²) in [6, 6.07) is 8.44. The van der Waals surface area contributed by atoms with Crippen LogP contribution in [-0.2, 0) is 0 Å². The first-order chi connectivity index (χ1) is 15.7. The number of urea groups is 1. The van der Waals surface area contributed by atoms with Gasteiger partial charge in [0.15, 0.2) is 0 Å². The van der Waals surface area contributed by atoms with Gasteiger partial charge in [0.25, 0.3) is 5.69 Å². The fourth-order valence-corrected chi connectivity index (χ4v) is 3.43. The van der Waals surface area contributed by atoms with Crippen LogP contribution in [0.15, 0.2) is 42.5 Å². The topological polar surface area (TPSA) is 186 Å². The van der Waals surface area contributed by atoms with Crippen LogP contribution in [0.5, 0.6) is 5.75 Å². The Morgan fingerprint density at radius 2 is 1.64 bits per heavy atom. The smallest absolute Gasteiger partial charge is 0.335 e. The van der Waals surface area contributed by atoms with Crippen molar-refractivity contribution in [1.82, 2.24) is 10.7 Å². The third-order valence-corrected chi connectivity index (χ3v) is 5.11. The number of carbonyl (C=O) groups is 2. The molecular weight excluding hydrogens is 438 g/mol. The molecule has 13 nitrogen and oxygen atoms in total. The van der Waals surface area contributed by atoms with Crippen molar-refractivity contribution < 1.29 is 29.3 Å². The lowest BCUT2D eigenvalue weighted by Gasteiger charge is -2.29. The molecule has 2 amide bonds. The summed E-state index contributed by atoms with van der Waals surface area (Å²) >= 11 is 0. The van der Waals surface area contributed by atoms with Gasteiger partial charge in [-0.1, -0.05) is 0 Å². The molecule has 0 unspecified atom stereocenters. The number of nitrogens with zero attached hydrogens (tertiary/aromatic N) is 2. The highest BCUT2D eigenvalue weighted by atomic mass is 16.6. The molecule has 0 aromatic heterocycles. The van der Waals surface area contributed by atoms with Crippen LogP contribution in [0.2, 0.25) is 0 Å². The summed E-state index contributed by atoms with van der Waals surface area (Å²) < 4.78 is 5.87. The predicted molar refractivity (Wildman–Crippen MR) is 115 cm³/mol. The van der Waals surface area contributed by atoms with E-state index < -0.39 is 33.2 Å². The van der Waals surface area contributed by atoms with E-state index in [-0.39, 0.29) is 23.4 Å². The molecule has 0 radical (unpaired) electrons. The molecule has 1 saturated carbocycles. The van der Waals surface area contributed by atoms with Gasteiger partial charge in [-0.2, -0.15) is 0 Å². The molecule has 174 valence electrons. The fourth-order valence-electron chi connectivity index (χ4n) is 3.43. The van der Waals surface area contributed by atoms with Crippen molar-refractivity contribution in [2.45, 2.75) is 37.8 Å². The minimum atomic E-state index is -1.01. The van der Waals surface area contributed by atoms with Crippen molar-refractivity contribution in [2.24, 2.45) is 0 Å². The second kappa shape index (κ2) is 10.3. The molecule has 33 heavy (non-hydrogen) atoms. The molecule has 2 aromatic carbocycles. The van der Waals surface area contributed by atoms with E-state index >= 15 is 0 Å². The molecule has 0 spiro atoms. The number of amides is 2. The van der Waals surface area contributed by atoms with Gasteiger partial charge in [-0.3, -0.25) is 31.1 Å². The average molecular weight is 459 g/mol. The SMILES string of the molecule is O=C(NNc1ccc([N+](=O)[O-])cc1[N+](=O)[O-])NC1CCC(Oc2ccc(C(=O)O)cc2)CC1.